The van der Waals surface area contributed by atoms with E-state index in [2.05, 4.69) is 10.3 Å². The van der Waals surface area contributed by atoms with Crippen molar-refractivity contribution in [2.24, 2.45) is 15.8 Å². The second kappa shape index (κ2) is 16.6. The van der Waals surface area contributed by atoms with Crippen molar-refractivity contribution >= 4 is 61.5 Å². The fraction of sp³-hybridized carbons (Fsp3) is 0.778. The molecule has 0 fully saturated rings. The minimum atomic E-state index is -1.43. The first-order chi connectivity index (χ1) is 13.6. The maximum Gasteiger partial charge on any atom is 2.00 e. The molecule has 0 aromatic heterocycles. The maximum absolute atomic E-state index is 11.3. The van der Waals surface area contributed by atoms with Crippen molar-refractivity contribution in [2.45, 2.75) is 52.7 Å². The third kappa shape index (κ3) is 15.4. The summed E-state index contributed by atoms with van der Waals surface area (Å²) in [5.41, 5.74) is -1.92. The number of hydrogen-bond acceptors (Lipinski definition) is 10. The Kier molecular flexibility index (Phi) is 18.5. The van der Waals surface area contributed by atoms with Gasteiger partial charge in [-0.3, -0.25) is 9.59 Å². The number of nitrogens with one attached hydrogen (secondary N) is 1. The summed E-state index contributed by atoms with van der Waals surface area (Å²) >= 11 is 0. The van der Waals surface area contributed by atoms with E-state index < -0.39 is 46.8 Å². The number of carboxylic acid groups (broad SMARTS) is 2. The van der Waals surface area contributed by atoms with E-state index in [9.17, 15) is 34.8 Å². The van der Waals surface area contributed by atoms with Gasteiger partial charge in [0.2, 0.25) is 5.91 Å². The largest absolute Gasteiger partial charge is 2.00 e. The molecule has 0 radical (unpaired) electrons. The maximum atomic E-state index is 11.3. The zero-order chi connectivity index (χ0) is 24.1. The molecule has 176 valence electrons. The van der Waals surface area contributed by atoms with Gasteiger partial charge in [-0.25, -0.2) is 0 Å². The van der Waals surface area contributed by atoms with Crippen molar-refractivity contribution in [3.8, 4) is 0 Å². The predicted molar refractivity (Wildman–Crippen MR) is 107 cm³/mol. The van der Waals surface area contributed by atoms with Crippen LogP contribution in [-0.4, -0.2) is 126 Å². The van der Waals surface area contributed by atoms with Crippen LogP contribution in [0.3, 0.4) is 0 Å². The monoisotopic (exact) mass is 480 g/mol. The van der Waals surface area contributed by atoms with Crippen LogP contribution in [0, 0.1) is 10.8 Å². The summed E-state index contributed by atoms with van der Waals surface area (Å²) in [6.45, 7) is 5.12. The summed E-state index contributed by atoms with van der Waals surface area (Å²) in [6.07, 6.45) is -3.34. The van der Waals surface area contributed by atoms with Crippen LogP contribution in [0.15, 0.2) is 4.99 Å². The molecule has 0 aromatic carbocycles. The molecule has 12 nitrogen and oxygen atoms in total. The molecule has 0 aliphatic rings. The van der Waals surface area contributed by atoms with Crippen LogP contribution in [0.2, 0.25) is 0 Å². The van der Waals surface area contributed by atoms with E-state index in [4.69, 9.17) is 15.3 Å². The molecule has 0 rings (SSSR count). The van der Waals surface area contributed by atoms with Gasteiger partial charge >= 0.3 is 43.7 Å². The van der Waals surface area contributed by atoms with Crippen molar-refractivity contribution in [1.82, 2.24) is 5.32 Å². The Hall–Kier alpha value is -1.02. The summed E-state index contributed by atoms with van der Waals surface area (Å²) in [5.74, 6) is -3.82. The molecule has 0 saturated carbocycles. The van der Waals surface area contributed by atoms with E-state index in [0.717, 1.165) is 0 Å². The summed E-state index contributed by atoms with van der Waals surface area (Å²) < 4.78 is 0. The molecule has 0 unspecified atom stereocenters. The van der Waals surface area contributed by atoms with Crippen LogP contribution in [0.1, 0.15) is 40.5 Å². The molecular formula is C18H32CaN2O10. The van der Waals surface area contributed by atoms with Crippen LogP contribution in [0.5, 0.6) is 0 Å². The van der Waals surface area contributed by atoms with Gasteiger partial charge in [0.15, 0.2) is 0 Å². The van der Waals surface area contributed by atoms with Crippen LogP contribution in [-0.2, 0) is 14.4 Å². The van der Waals surface area contributed by atoms with Crippen molar-refractivity contribution in [2.75, 3.05) is 26.3 Å². The third-order valence-electron chi connectivity index (χ3n) is 4.00. The second-order valence-electron chi connectivity index (χ2n) is 7.88. The van der Waals surface area contributed by atoms with Gasteiger partial charge in [-0.15, -0.1) is 0 Å². The fourth-order valence-corrected chi connectivity index (χ4v) is 1.60. The van der Waals surface area contributed by atoms with E-state index in [0.29, 0.717) is 0 Å². The van der Waals surface area contributed by atoms with Crippen LogP contribution in [0.4, 0.5) is 0 Å². The van der Waals surface area contributed by atoms with Crippen molar-refractivity contribution in [1.29, 1.82) is 0 Å². The minimum Gasteiger partial charge on any atom is -0.860 e. The van der Waals surface area contributed by atoms with E-state index in [1.165, 1.54) is 27.7 Å². The number of aliphatic hydroxyl groups is 4. The average molecular weight is 481 g/mol. The standard InChI is InChI=1S/2C9H17NO5.Ca/c2*1-9(2,5-11)7(14)8(15)10-4-3-6(12)13;/h2*7,11,14H,3-5H2,1-2H3,(H,10,15)(H,12,13);/q;;+2/p-2/t2*7-;/m00./s1/i2*4+1,10+1;. The summed E-state index contributed by atoms with van der Waals surface area (Å²) in [5, 5.41) is 68.5. The number of hydrogen-bond donors (Lipinski definition) is 6. The van der Waals surface area contributed by atoms with Gasteiger partial charge < -0.3 is 50.8 Å². The minimum absolute atomic E-state index is 0. The van der Waals surface area contributed by atoms with E-state index in [1.807, 2.05) is 0 Å². The van der Waals surface area contributed by atoms with Gasteiger partial charge in [-0.2, -0.15) is 0 Å². The molecule has 0 aromatic rings. The zero-order valence-electron chi connectivity index (χ0n) is 18.3. The first-order valence-corrected chi connectivity index (χ1v) is 9.11. The summed E-state index contributed by atoms with van der Waals surface area (Å²) in [6, 6.07) is 0. The predicted octanol–water partition coefficient (Wildman–Crippen LogP) is -4.16. The van der Waals surface area contributed by atoms with Crippen LogP contribution >= 0.6 is 0 Å². The van der Waals surface area contributed by atoms with E-state index >= 15 is 0 Å². The Balaban J connectivity index is -0.000000490. The van der Waals surface area contributed by atoms with Crippen molar-refractivity contribution in [3.63, 3.8) is 0 Å². The van der Waals surface area contributed by atoms with E-state index in [-0.39, 0.29) is 76.9 Å². The quantitative estimate of drug-likeness (QED) is 0.0520. The number of nitrogens with zero attached hydrogens (tertiary/aromatic N) is 1. The number of amides is 1. The van der Waals surface area contributed by atoms with Gasteiger partial charge in [0.05, 0.1) is 25.7 Å². The van der Waals surface area contributed by atoms with Gasteiger partial charge in [-0.1, -0.05) is 27.7 Å². The molecular weight excluding hydrogens is 448 g/mol. The fourth-order valence-electron chi connectivity index (χ4n) is 1.60. The number of aliphatic imine (C=N–C) groups is 1. The zero-order valence-corrected chi connectivity index (χ0v) is 20.5. The van der Waals surface area contributed by atoms with Gasteiger partial charge in [0.25, 0.3) is 0 Å². The molecule has 6 N–H and O–H groups in total. The molecule has 1 amide bonds. The second-order valence-corrected chi connectivity index (χ2v) is 7.88. The average Bonchev–Trinajstić information content (AvgIpc) is 2.66. The Morgan fingerprint density at radius 2 is 1.39 bits per heavy atom. The van der Waals surface area contributed by atoms with Crippen LogP contribution in [0.25, 0.3) is 0 Å². The number of aliphatic carboxylic acids is 2. The number of carbonyl (C=O) groups is 3. The number of carboxylic acids is 2. The number of rotatable bonds is 12. The molecule has 31 heavy (non-hydrogen) atoms. The smallest absolute Gasteiger partial charge is 0.860 e. The van der Waals surface area contributed by atoms with Gasteiger partial charge in [0, 0.05) is 36.3 Å². The first kappa shape index (κ1) is 34.6. The molecule has 0 spiro atoms. The number of aliphatic hydroxyl groups excluding tert-OH is 4. The van der Waals surface area contributed by atoms with Gasteiger partial charge in [0.1, 0.15) is 6.10 Å². The van der Waals surface area contributed by atoms with E-state index in [1.54, 1.807) is 0 Å². The normalized spacial score (nSPS) is 13.7. The molecule has 0 heterocycles. The van der Waals surface area contributed by atoms with Crippen LogP contribution < -0.4 is 15.5 Å². The third-order valence-corrected chi connectivity index (χ3v) is 4.00. The Morgan fingerprint density at radius 1 is 0.935 bits per heavy atom. The topological polar surface area (TPSA) is 223 Å². The van der Waals surface area contributed by atoms with Crippen molar-refractivity contribution < 1.29 is 50.1 Å². The molecule has 0 aliphatic heterocycles. The number of carbonyl (C=O) groups excluding carboxylic acids is 2. The molecule has 0 aliphatic carbocycles. The van der Waals surface area contributed by atoms with Crippen molar-refractivity contribution in [3.05, 3.63) is 0 Å². The molecule has 2 atom stereocenters. The molecule has 0 bridgehead atoms. The summed E-state index contributed by atoms with van der Waals surface area (Å²) in [4.78, 5) is 34.8. The Morgan fingerprint density at radius 3 is 1.77 bits per heavy atom. The summed E-state index contributed by atoms with van der Waals surface area (Å²) in [7, 11) is 0. The van der Waals surface area contributed by atoms with Gasteiger partial charge in [-0.05, 0) is 5.90 Å². The first-order valence-electron chi connectivity index (χ1n) is 9.11. The SMILES string of the molecule is CC(C)(CO)[C@@H](O)C(=O)[15NH][13CH2]CC(=O)O.CC(C)(CO)[C@@H](O)C([O-])=[15N][13CH2]CC(=O)[O-].[Ca+2]. The molecule has 13 heteroatoms. The Labute approximate surface area is 211 Å². The molecule has 0 saturated heterocycles. The Bertz CT molecular complexity index is 596.